The van der Waals surface area contributed by atoms with Gasteiger partial charge in [-0.2, -0.15) is 0 Å². The molecule has 3 rings (SSSR count). The Morgan fingerprint density at radius 1 is 1.19 bits per heavy atom. The zero-order valence-electron chi connectivity index (χ0n) is 11.5. The minimum atomic E-state index is -0.0695. The number of aromatic nitrogens is 2. The molecule has 2 heterocycles. The van der Waals surface area contributed by atoms with Gasteiger partial charge in [0, 0.05) is 23.9 Å². The Morgan fingerprint density at radius 3 is 2.71 bits per heavy atom. The summed E-state index contributed by atoms with van der Waals surface area (Å²) in [7, 11) is 1.63. The van der Waals surface area contributed by atoms with E-state index in [-0.39, 0.29) is 5.56 Å². The predicted molar refractivity (Wildman–Crippen MR) is 78.3 cm³/mol. The minimum Gasteiger partial charge on any atom is -0.497 e. The molecule has 0 fully saturated rings. The number of rotatable bonds is 4. The van der Waals surface area contributed by atoms with Gasteiger partial charge in [-0.05, 0) is 30.3 Å². The lowest BCUT2D eigenvalue weighted by Crippen LogP contribution is -2.17. The van der Waals surface area contributed by atoms with Gasteiger partial charge in [-0.15, -0.1) is 0 Å². The summed E-state index contributed by atoms with van der Waals surface area (Å²) in [6.45, 7) is 0.364. The Labute approximate surface area is 121 Å². The van der Waals surface area contributed by atoms with Crippen LogP contribution in [0.25, 0.3) is 11.3 Å². The molecule has 0 N–H and O–H groups in total. The molecule has 2 aromatic heterocycles. The van der Waals surface area contributed by atoms with Crippen molar-refractivity contribution >= 4 is 0 Å². The van der Waals surface area contributed by atoms with Crippen LogP contribution in [0.2, 0.25) is 0 Å². The SMILES string of the molecule is COc1ccc(-c2cc(Cn3ccccc3=O)on2)cc1. The van der Waals surface area contributed by atoms with Crippen LogP contribution in [0.15, 0.2) is 64.0 Å². The average Bonchev–Trinajstić information content (AvgIpc) is 2.98. The molecule has 0 bridgehead atoms. The number of benzene rings is 1. The van der Waals surface area contributed by atoms with Gasteiger partial charge in [-0.1, -0.05) is 11.2 Å². The van der Waals surface area contributed by atoms with Crippen molar-refractivity contribution in [3.05, 3.63) is 70.8 Å². The molecule has 0 aliphatic carbocycles. The van der Waals surface area contributed by atoms with Crippen molar-refractivity contribution in [3.63, 3.8) is 0 Å². The van der Waals surface area contributed by atoms with Gasteiger partial charge < -0.3 is 13.8 Å². The van der Waals surface area contributed by atoms with Gasteiger partial charge in [0.15, 0.2) is 5.76 Å². The maximum atomic E-state index is 11.7. The molecule has 0 radical (unpaired) electrons. The molecule has 0 atom stereocenters. The molecular formula is C16H14N2O3. The molecule has 5 nitrogen and oxygen atoms in total. The zero-order valence-corrected chi connectivity index (χ0v) is 11.5. The molecule has 0 aliphatic heterocycles. The summed E-state index contributed by atoms with van der Waals surface area (Å²) in [5.74, 6) is 1.42. The topological polar surface area (TPSA) is 57.3 Å². The van der Waals surface area contributed by atoms with E-state index in [0.29, 0.717) is 12.3 Å². The quantitative estimate of drug-likeness (QED) is 0.738. The lowest BCUT2D eigenvalue weighted by molar-refractivity contribution is 0.377. The third kappa shape index (κ3) is 2.86. The Hall–Kier alpha value is -2.82. The van der Waals surface area contributed by atoms with E-state index in [2.05, 4.69) is 5.16 Å². The van der Waals surface area contributed by atoms with Gasteiger partial charge in [-0.3, -0.25) is 4.79 Å². The standard InChI is InChI=1S/C16H14N2O3/c1-20-13-7-5-12(6-8-13)15-10-14(21-17-15)11-18-9-3-2-4-16(18)19/h2-10H,11H2,1H3. The zero-order chi connectivity index (χ0) is 14.7. The number of nitrogens with zero attached hydrogens (tertiary/aromatic N) is 2. The van der Waals surface area contributed by atoms with E-state index in [4.69, 9.17) is 9.26 Å². The van der Waals surface area contributed by atoms with Crippen molar-refractivity contribution in [2.24, 2.45) is 0 Å². The first-order valence-electron chi connectivity index (χ1n) is 6.52. The Bertz CT molecular complexity index is 788. The van der Waals surface area contributed by atoms with Gasteiger partial charge in [-0.25, -0.2) is 0 Å². The summed E-state index contributed by atoms with van der Waals surface area (Å²) >= 11 is 0. The van der Waals surface area contributed by atoms with Gasteiger partial charge in [0.25, 0.3) is 5.56 Å². The highest BCUT2D eigenvalue weighted by Gasteiger charge is 2.07. The third-order valence-electron chi connectivity index (χ3n) is 3.17. The van der Waals surface area contributed by atoms with E-state index >= 15 is 0 Å². The highest BCUT2D eigenvalue weighted by Crippen LogP contribution is 2.22. The van der Waals surface area contributed by atoms with Crippen molar-refractivity contribution < 1.29 is 9.26 Å². The largest absolute Gasteiger partial charge is 0.497 e. The Balaban J connectivity index is 1.83. The van der Waals surface area contributed by atoms with E-state index in [0.717, 1.165) is 17.0 Å². The second-order valence-electron chi connectivity index (χ2n) is 4.57. The third-order valence-corrected chi connectivity index (χ3v) is 3.17. The molecule has 0 amide bonds. The predicted octanol–water partition coefficient (Wildman–Crippen LogP) is 2.56. The van der Waals surface area contributed by atoms with Crippen molar-refractivity contribution in [1.29, 1.82) is 0 Å². The fourth-order valence-electron chi connectivity index (χ4n) is 2.04. The van der Waals surface area contributed by atoms with Crippen molar-refractivity contribution in [2.75, 3.05) is 7.11 Å². The van der Waals surface area contributed by atoms with Crippen LogP contribution in [0.5, 0.6) is 5.75 Å². The fraction of sp³-hybridized carbons (Fsp3) is 0.125. The molecule has 106 valence electrons. The molecule has 0 saturated carbocycles. The number of methoxy groups -OCH3 is 1. The second-order valence-corrected chi connectivity index (χ2v) is 4.57. The van der Waals surface area contributed by atoms with Crippen LogP contribution in [-0.4, -0.2) is 16.8 Å². The molecule has 3 aromatic rings. The Morgan fingerprint density at radius 2 is 2.00 bits per heavy atom. The van der Waals surface area contributed by atoms with Crippen LogP contribution >= 0.6 is 0 Å². The molecule has 21 heavy (non-hydrogen) atoms. The number of hydrogen-bond acceptors (Lipinski definition) is 4. The van der Waals surface area contributed by atoms with E-state index in [9.17, 15) is 4.79 Å². The van der Waals surface area contributed by atoms with E-state index in [1.165, 1.54) is 6.07 Å². The fourth-order valence-corrected chi connectivity index (χ4v) is 2.04. The molecule has 0 aliphatic rings. The monoisotopic (exact) mass is 282 g/mol. The minimum absolute atomic E-state index is 0.0695. The number of hydrogen-bond donors (Lipinski definition) is 0. The van der Waals surface area contributed by atoms with Crippen molar-refractivity contribution in [2.45, 2.75) is 6.54 Å². The van der Waals surface area contributed by atoms with E-state index in [1.54, 1.807) is 23.9 Å². The molecule has 0 saturated heterocycles. The maximum Gasteiger partial charge on any atom is 0.250 e. The lowest BCUT2D eigenvalue weighted by atomic mass is 10.1. The lowest BCUT2D eigenvalue weighted by Gasteiger charge is -2.00. The van der Waals surface area contributed by atoms with Crippen molar-refractivity contribution in [1.82, 2.24) is 9.72 Å². The number of pyridine rings is 1. The summed E-state index contributed by atoms with van der Waals surface area (Å²) in [6, 6.07) is 14.4. The van der Waals surface area contributed by atoms with Crippen LogP contribution in [0.3, 0.4) is 0 Å². The van der Waals surface area contributed by atoms with Crippen LogP contribution in [0.1, 0.15) is 5.76 Å². The molecule has 0 unspecified atom stereocenters. The summed E-state index contributed by atoms with van der Waals surface area (Å²) < 4.78 is 12.0. The molecule has 0 spiro atoms. The summed E-state index contributed by atoms with van der Waals surface area (Å²) in [6.07, 6.45) is 1.72. The first kappa shape index (κ1) is 13.2. The van der Waals surface area contributed by atoms with Gasteiger partial charge in [0.05, 0.1) is 13.7 Å². The first-order valence-corrected chi connectivity index (χ1v) is 6.52. The average molecular weight is 282 g/mol. The van der Waals surface area contributed by atoms with E-state index < -0.39 is 0 Å². The smallest absolute Gasteiger partial charge is 0.250 e. The Kier molecular flexibility index (Phi) is 3.55. The summed E-state index contributed by atoms with van der Waals surface area (Å²) in [5, 5.41) is 4.04. The normalized spacial score (nSPS) is 10.5. The van der Waals surface area contributed by atoms with Crippen LogP contribution in [0, 0.1) is 0 Å². The van der Waals surface area contributed by atoms with Gasteiger partial charge in [0.2, 0.25) is 0 Å². The molecular weight excluding hydrogens is 268 g/mol. The second kappa shape index (κ2) is 5.66. The van der Waals surface area contributed by atoms with Crippen molar-refractivity contribution in [3.8, 4) is 17.0 Å². The highest BCUT2D eigenvalue weighted by molar-refractivity contribution is 5.59. The van der Waals surface area contributed by atoms with Gasteiger partial charge in [0.1, 0.15) is 11.4 Å². The molecule has 5 heteroatoms. The first-order chi connectivity index (χ1) is 10.3. The summed E-state index contributed by atoms with van der Waals surface area (Å²) in [4.78, 5) is 11.7. The molecule has 1 aromatic carbocycles. The van der Waals surface area contributed by atoms with Crippen LogP contribution in [0.4, 0.5) is 0 Å². The van der Waals surface area contributed by atoms with Crippen LogP contribution < -0.4 is 10.3 Å². The maximum absolute atomic E-state index is 11.7. The summed E-state index contributed by atoms with van der Waals surface area (Å²) in [5.41, 5.74) is 1.60. The van der Waals surface area contributed by atoms with Crippen LogP contribution in [-0.2, 0) is 6.54 Å². The van der Waals surface area contributed by atoms with Gasteiger partial charge >= 0.3 is 0 Å². The van der Waals surface area contributed by atoms with E-state index in [1.807, 2.05) is 36.4 Å². The highest BCUT2D eigenvalue weighted by atomic mass is 16.5. The number of ether oxygens (including phenoxy) is 1.